The number of nitrogens with one attached hydrogen (secondary N) is 2. The van der Waals surface area contributed by atoms with E-state index in [2.05, 4.69) is 10.6 Å². The first kappa shape index (κ1) is 24.4. The molecule has 0 radical (unpaired) electrons. The van der Waals surface area contributed by atoms with Gasteiger partial charge >= 0.3 is 0 Å². The van der Waals surface area contributed by atoms with Crippen molar-refractivity contribution < 1.29 is 23.9 Å². The van der Waals surface area contributed by atoms with E-state index in [1.54, 1.807) is 35.2 Å². The number of fused-ring (bicyclic) bond motifs is 1. The van der Waals surface area contributed by atoms with E-state index in [9.17, 15) is 14.4 Å². The van der Waals surface area contributed by atoms with Gasteiger partial charge in [0.2, 0.25) is 18.6 Å². The number of ether oxygens (including phenoxy) is 2. The lowest BCUT2D eigenvalue weighted by molar-refractivity contribution is -0.135. The Balaban J connectivity index is 1.17. The molecular weight excluding hydrogens is 470 g/mol. The Hall–Kier alpha value is -4.33. The predicted octanol–water partition coefficient (Wildman–Crippen LogP) is 4.15. The molecular formula is C29H29N3O5. The Bertz CT molecular complexity index is 1260. The Morgan fingerprint density at radius 2 is 1.54 bits per heavy atom. The fourth-order valence-corrected chi connectivity index (χ4v) is 4.68. The number of likely N-dealkylation sites (tertiary alicyclic amines) is 1. The number of anilines is 1. The van der Waals surface area contributed by atoms with E-state index in [0.29, 0.717) is 48.7 Å². The molecule has 1 unspecified atom stereocenters. The average molecular weight is 500 g/mol. The fourth-order valence-electron chi connectivity index (χ4n) is 4.68. The van der Waals surface area contributed by atoms with Gasteiger partial charge in [-0.15, -0.1) is 0 Å². The summed E-state index contributed by atoms with van der Waals surface area (Å²) in [7, 11) is 0. The number of nitrogens with zero attached hydrogens (tertiary/aromatic N) is 1. The maximum atomic E-state index is 13.2. The Labute approximate surface area is 215 Å². The normalized spacial score (nSPS) is 15.6. The Morgan fingerprint density at radius 1 is 0.865 bits per heavy atom. The minimum absolute atomic E-state index is 0.0446. The number of amides is 3. The van der Waals surface area contributed by atoms with Crippen LogP contribution >= 0.6 is 0 Å². The maximum Gasteiger partial charge on any atom is 0.251 e. The van der Waals surface area contributed by atoms with Gasteiger partial charge in [0.1, 0.15) is 0 Å². The average Bonchev–Trinajstić information content (AvgIpc) is 3.41. The first-order valence-corrected chi connectivity index (χ1v) is 12.5. The minimum Gasteiger partial charge on any atom is -0.454 e. The van der Waals surface area contributed by atoms with Crippen LogP contribution in [-0.2, 0) is 9.59 Å². The van der Waals surface area contributed by atoms with Gasteiger partial charge in [-0.2, -0.15) is 0 Å². The summed E-state index contributed by atoms with van der Waals surface area (Å²) in [5.41, 5.74) is 2.08. The van der Waals surface area contributed by atoms with Gasteiger partial charge in [0, 0.05) is 36.3 Å². The van der Waals surface area contributed by atoms with Crippen molar-refractivity contribution in [3.05, 3.63) is 90.0 Å². The molecule has 0 aromatic heterocycles. The van der Waals surface area contributed by atoms with Crippen LogP contribution in [0.4, 0.5) is 5.69 Å². The zero-order valence-electron chi connectivity index (χ0n) is 20.4. The van der Waals surface area contributed by atoms with Gasteiger partial charge in [-0.05, 0) is 42.7 Å². The molecule has 1 saturated heterocycles. The molecule has 2 aliphatic heterocycles. The van der Waals surface area contributed by atoms with Crippen LogP contribution in [0.15, 0.2) is 78.9 Å². The van der Waals surface area contributed by atoms with Gasteiger partial charge in [-0.1, -0.05) is 48.5 Å². The van der Waals surface area contributed by atoms with Crippen LogP contribution in [0.25, 0.3) is 0 Å². The molecule has 3 aromatic rings. The quantitative estimate of drug-likeness (QED) is 0.509. The molecule has 2 heterocycles. The lowest BCUT2D eigenvalue weighted by Crippen LogP contribution is -2.43. The second-order valence-electron chi connectivity index (χ2n) is 9.22. The van der Waals surface area contributed by atoms with Crippen LogP contribution in [0, 0.1) is 5.92 Å². The SMILES string of the molecule is O=C(NC(CC(=O)N1CCC(C(=O)Nc2ccc3c(c2)OCO3)CC1)c1ccccc1)c1ccccc1. The summed E-state index contributed by atoms with van der Waals surface area (Å²) in [6, 6.07) is 23.4. The summed E-state index contributed by atoms with van der Waals surface area (Å²) in [5, 5.41) is 5.97. The van der Waals surface area contributed by atoms with E-state index in [0.717, 1.165) is 5.56 Å². The molecule has 0 aliphatic carbocycles. The molecule has 2 N–H and O–H groups in total. The number of carbonyl (C=O) groups is 3. The van der Waals surface area contributed by atoms with Gasteiger partial charge in [0.25, 0.3) is 5.91 Å². The van der Waals surface area contributed by atoms with Crippen molar-refractivity contribution in [1.82, 2.24) is 10.2 Å². The van der Waals surface area contributed by atoms with Gasteiger partial charge in [-0.3, -0.25) is 14.4 Å². The number of hydrogen-bond donors (Lipinski definition) is 2. The van der Waals surface area contributed by atoms with E-state index in [4.69, 9.17) is 9.47 Å². The Kier molecular flexibility index (Phi) is 7.35. The maximum absolute atomic E-state index is 13.2. The third kappa shape index (κ3) is 5.91. The van der Waals surface area contributed by atoms with Gasteiger partial charge in [0.15, 0.2) is 11.5 Å². The van der Waals surface area contributed by atoms with Crippen molar-refractivity contribution in [2.75, 3.05) is 25.2 Å². The zero-order valence-corrected chi connectivity index (χ0v) is 20.4. The third-order valence-electron chi connectivity index (χ3n) is 6.78. The molecule has 190 valence electrons. The largest absolute Gasteiger partial charge is 0.454 e. The van der Waals surface area contributed by atoms with Crippen LogP contribution in [-0.4, -0.2) is 42.5 Å². The zero-order chi connectivity index (χ0) is 25.6. The molecule has 8 heteroatoms. The second kappa shape index (κ2) is 11.2. The van der Waals surface area contributed by atoms with E-state index in [1.807, 2.05) is 48.5 Å². The fraction of sp³-hybridized carbons (Fsp3) is 0.276. The van der Waals surface area contributed by atoms with Crippen LogP contribution in [0.1, 0.15) is 41.2 Å². The Morgan fingerprint density at radius 3 is 2.27 bits per heavy atom. The summed E-state index contributed by atoms with van der Waals surface area (Å²) in [6.45, 7) is 1.17. The van der Waals surface area contributed by atoms with E-state index < -0.39 is 6.04 Å². The van der Waals surface area contributed by atoms with Crippen molar-refractivity contribution in [3.63, 3.8) is 0 Å². The first-order valence-electron chi connectivity index (χ1n) is 12.5. The topological polar surface area (TPSA) is 97.0 Å². The summed E-state index contributed by atoms with van der Waals surface area (Å²) >= 11 is 0. The smallest absolute Gasteiger partial charge is 0.251 e. The van der Waals surface area contributed by atoms with Crippen molar-refractivity contribution in [1.29, 1.82) is 0 Å². The lowest BCUT2D eigenvalue weighted by Gasteiger charge is -2.32. The van der Waals surface area contributed by atoms with Crippen LogP contribution < -0.4 is 20.1 Å². The molecule has 0 saturated carbocycles. The highest BCUT2D eigenvalue weighted by molar-refractivity contribution is 5.95. The van der Waals surface area contributed by atoms with Crippen molar-refractivity contribution in [3.8, 4) is 11.5 Å². The molecule has 1 fully saturated rings. The summed E-state index contributed by atoms with van der Waals surface area (Å²) < 4.78 is 10.7. The standard InChI is InChI=1S/C29H29N3O5/c33-27(18-24(20-7-3-1-4-8-20)31-29(35)21-9-5-2-6-10-21)32-15-13-22(14-16-32)28(34)30-23-11-12-25-26(17-23)37-19-36-25/h1-12,17,22,24H,13-16,18-19H2,(H,30,34)(H,31,35). The summed E-state index contributed by atoms with van der Waals surface area (Å²) in [5.74, 6) is 0.766. The van der Waals surface area contributed by atoms with Crippen LogP contribution in [0.2, 0.25) is 0 Å². The highest BCUT2D eigenvalue weighted by Crippen LogP contribution is 2.34. The molecule has 0 bridgehead atoms. The van der Waals surface area contributed by atoms with E-state index >= 15 is 0 Å². The third-order valence-corrected chi connectivity index (χ3v) is 6.78. The first-order chi connectivity index (χ1) is 18.1. The number of hydrogen-bond acceptors (Lipinski definition) is 5. The van der Waals surface area contributed by atoms with Gasteiger partial charge < -0.3 is 25.0 Å². The number of rotatable bonds is 7. The molecule has 2 aliphatic rings. The molecule has 3 amide bonds. The molecule has 0 spiro atoms. The number of carbonyl (C=O) groups excluding carboxylic acids is 3. The lowest BCUT2D eigenvalue weighted by atomic mass is 9.94. The second-order valence-corrected chi connectivity index (χ2v) is 9.22. The monoisotopic (exact) mass is 499 g/mol. The summed E-state index contributed by atoms with van der Waals surface area (Å²) in [4.78, 5) is 40.7. The number of piperidine rings is 1. The summed E-state index contributed by atoms with van der Waals surface area (Å²) in [6.07, 6.45) is 1.31. The molecule has 5 rings (SSSR count). The molecule has 37 heavy (non-hydrogen) atoms. The predicted molar refractivity (Wildman–Crippen MR) is 138 cm³/mol. The van der Waals surface area contributed by atoms with Crippen molar-refractivity contribution in [2.24, 2.45) is 5.92 Å². The van der Waals surface area contributed by atoms with Gasteiger partial charge in [-0.25, -0.2) is 0 Å². The minimum atomic E-state index is -0.451. The van der Waals surface area contributed by atoms with Crippen molar-refractivity contribution >= 4 is 23.4 Å². The van der Waals surface area contributed by atoms with Crippen LogP contribution in [0.5, 0.6) is 11.5 Å². The molecule has 3 aromatic carbocycles. The van der Waals surface area contributed by atoms with Crippen LogP contribution in [0.3, 0.4) is 0 Å². The highest BCUT2D eigenvalue weighted by atomic mass is 16.7. The van der Waals surface area contributed by atoms with Gasteiger partial charge in [0.05, 0.1) is 12.5 Å². The van der Waals surface area contributed by atoms with E-state index in [-0.39, 0.29) is 36.9 Å². The highest BCUT2D eigenvalue weighted by Gasteiger charge is 2.29. The van der Waals surface area contributed by atoms with Crippen molar-refractivity contribution in [2.45, 2.75) is 25.3 Å². The molecule has 1 atom stereocenters. The van der Waals surface area contributed by atoms with E-state index in [1.165, 1.54) is 0 Å². The molecule has 8 nitrogen and oxygen atoms in total. The number of benzene rings is 3.